The zero-order valence-electron chi connectivity index (χ0n) is 8.91. The lowest BCUT2D eigenvalue weighted by molar-refractivity contribution is -0.384. The van der Waals surface area contributed by atoms with Crippen molar-refractivity contribution in [1.29, 1.82) is 0 Å². The van der Waals surface area contributed by atoms with Gasteiger partial charge < -0.3 is 10.1 Å². The molecule has 0 amide bonds. The molecular formula is C9H8F2N2O4. The molecular weight excluding hydrogens is 238 g/mol. The standard InChI is InChI=1S/C9H8F2N2O4/c1-12-8-5(13(15)16)3-4(9(14)17-2)6(10)7(8)11/h3,12H,1-2H3. The number of nitrogens with one attached hydrogen (secondary N) is 1. The molecule has 0 aliphatic carbocycles. The number of hydrogen-bond acceptors (Lipinski definition) is 5. The van der Waals surface area contributed by atoms with E-state index in [0.717, 1.165) is 7.11 Å². The Kier molecular flexibility index (Phi) is 3.56. The molecule has 1 N–H and O–H groups in total. The van der Waals surface area contributed by atoms with Crippen molar-refractivity contribution in [1.82, 2.24) is 0 Å². The van der Waals surface area contributed by atoms with E-state index in [1.54, 1.807) is 0 Å². The summed E-state index contributed by atoms with van der Waals surface area (Å²) in [6.07, 6.45) is 0. The normalized spacial score (nSPS) is 9.88. The monoisotopic (exact) mass is 246 g/mol. The smallest absolute Gasteiger partial charge is 0.341 e. The van der Waals surface area contributed by atoms with E-state index in [9.17, 15) is 23.7 Å². The predicted octanol–water partition coefficient (Wildman–Crippen LogP) is 1.70. The summed E-state index contributed by atoms with van der Waals surface area (Å²) in [5.41, 5.74) is -2.19. The van der Waals surface area contributed by atoms with Crippen molar-refractivity contribution in [2.45, 2.75) is 0 Å². The molecule has 8 heteroatoms. The number of hydrogen-bond donors (Lipinski definition) is 1. The Morgan fingerprint density at radius 3 is 2.47 bits per heavy atom. The zero-order chi connectivity index (χ0) is 13.2. The van der Waals surface area contributed by atoms with Gasteiger partial charge in [-0.2, -0.15) is 0 Å². The Balaban J connectivity index is 3.57. The van der Waals surface area contributed by atoms with Crippen LogP contribution < -0.4 is 5.32 Å². The fourth-order valence-corrected chi connectivity index (χ4v) is 1.25. The molecule has 1 rings (SSSR count). The summed E-state index contributed by atoms with van der Waals surface area (Å²) in [7, 11) is 2.15. The first kappa shape index (κ1) is 12.8. The van der Waals surface area contributed by atoms with Gasteiger partial charge in [-0.25, -0.2) is 13.6 Å². The van der Waals surface area contributed by atoms with Crippen LogP contribution in [0.25, 0.3) is 0 Å². The minimum atomic E-state index is -1.50. The Morgan fingerprint density at radius 2 is 2.06 bits per heavy atom. The van der Waals surface area contributed by atoms with Gasteiger partial charge in [0.25, 0.3) is 5.69 Å². The third-order valence-corrected chi connectivity index (χ3v) is 2.04. The lowest BCUT2D eigenvalue weighted by Gasteiger charge is -2.07. The van der Waals surface area contributed by atoms with Gasteiger partial charge in [-0.05, 0) is 0 Å². The highest BCUT2D eigenvalue weighted by molar-refractivity contribution is 5.91. The maximum atomic E-state index is 13.4. The second kappa shape index (κ2) is 4.73. The number of rotatable bonds is 3. The lowest BCUT2D eigenvalue weighted by atomic mass is 10.1. The maximum absolute atomic E-state index is 13.4. The van der Waals surface area contributed by atoms with Gasteiger partial charge in [0.05, 0.1) is 12.0 Å². The highest BCUT2D eigenvalue weighted by Crippen LogP contribution is 2.31. The molecule has 0 spiro atoms. The van der Waals surface area contributed by atoms with Crippen LogP contribution in [0.1, 0.15) is 10.4 Å². The molecule has 0 aromatic heterocycles. The van der Waals surface area contributed by atoms with E-state index in [4.69, 9.17) is 0 Å². The molecule has 0 fully saturated rings. The van der Waals surface area contributed by atoms with Crippen molar-refractivity contribution in [3.8, 4) is 0 Å². The van der Waals surface area contributed by atoms with E-state index < -0.39 is 39.5 Å². The first-order chi connectivity index (χ1) is 7.93. The van der Waals surface area contributed by atoms with Gasteiger partial charge in [-0.1, -0.05) is 0 Å². The van der Waals surface area contributed by atoms with Crippen molar-refractivity contribution < 1.29 is 23.2 Å². The van der Waals surface area contributed by atoms with E-state index >= 15 is 0 Å². The number of carbonyl (C=O) groups is 1. The fraction of sp³-hybridized carbons (Fsp3) is 0.222. The summed E-state index contributed by atoms with van der Waals surface area (Å²) in [5.74, 6) is -4.18. The van der Waals surface area contributed by atoms with Gasteiger partial charge in [0.2, 0.25) is 0 Å². The van der Waals surface area contributed by atoms with E-state index in [-0.39, 0.29) is 0 Å². The van der Waals surface area contributed by atoms with Crippen LogP contribution in [0.3, 0.4) is 0 Å². The number of esters is 1. The van der Waals surface area contributed by atoms with Gasteiger partial charge in [0.1, 0.15) is 5.56 Å². The van der Waals surface area contributed by atoms with Gasteiger partial charge in [0.15, 0.2) is 17.3 Å². The van der Waals surface area contributed by atoms with Crippen molar-refractivity contribution in [3.63, 3.8) is 0 Å². The zero-order valence-corrected chi connectivity index (χ0v) is 8.91. The number of benzene rings is 1. The van der Waals surface area contributed by atoms with Crippen LogP contribution >= 0.6 is 0 Å². The number of nitro benzene ring substituents is 1. The molecule has 0 atom stereocenters. The molecule has 0 aliphatic rings. The average Bonchev–Trinajstić information content (AvgIpc) is 2.30. The minimum Gasteiger partial charge on any atom is -0.465 e. The van der Waals surface area contributed by atoms with Gasteiger partial charge in [-0.15, -0.1) is 0 Å². The maximum Gasteiger partial charge on any atom is 0.341 e. The number of nitrogens with zero attached hydrogens (tertiary/aromatic N) is 1. The molecule has 0 aliphatic heterocycles. The molecule has 0 saturated heterocycles. The highest BCUT2D eigenvalue weighted by Gasteiger charge is 2.27. The van der Waals surface area contributed by atoms with Crippen LogP contribution in [-0.2, 0) is 4.74 Å². The highest BCUT2D eigenvalue weighted by atomic mass is 19.2. The summed E-state index contributed by atoms with van der Waals surface area (Å²) in [6.45, 7) is 0. The Labute approximate surface area is 94.3 Å². The SMILES string of the molecule is CNc1c([N+](=O)[O-])cc(C(=O)OC)c(F)c1F. The van der Waals surface area contributed by atoms with E-state index in [1.807, 2.05) is 0 Å². The fourth-order valence-electron chi connectivity index (χ4n) is 1.25. The molecule has 1 aromatic rings. The molecule has 0 radical (unpaired) electrons. The predicted molar refractivity (Wildman–Crippen MR) is 53.9 cm³/mol. The molecule has 0 heterocycles. The quantitative estimate of drug-likeness (QED) is 0.498. The van der Waals surface area contributed by atoms with Gasteiger partial charge in [-0.3, -0.25) is 10.1 Å². The Hall–Kier alpha value is -2.25. The number of halogens is 2. The third-order valence-electron chi connectivity index (χ3n) is 2.04. The second-order valence-corrected chi connectivity index (χ2v) is 2.94. The number of ether oxygens (including phenoxy) is 1. The van der Waals surface area contributed by atoms with Crippen molar-refractivity contribution in [3.05, 3.63) is 33.4 Å². The Bertz CT molecular complexity index is 490. The van der Waals surface area contributed by atoms with Crippen molar-refractivity contribution in [2.75, 3.05) is 19.5 Å². The average molecular weight is 246 g/mol. The van der Waals surface area contributed by atoms with E-state index in [2.05, 4.69) is 10.1 Å². The van der Waals surface area contributed by atoms with Crippen LogP contribution in [0.5, 0.6) is 0 Å². The molecule has 6 nitrogen and oxygen atoms in total. The van der Waals surface area contributed by atoms with E-state index in [0.29, 0.717) is 6.07 Å². The molecule has 0 saturated carbocycles. The van der Waals surface area contributed by atoms with Crippen LogP contribution in [0.2, 0.25) is 0 Å². The van der Waals surface area contributed by atoms with E-state index in [1.165, 1.54) is 7.05 Å². The third kappa shape index (κ3) is 2.14. The molecule has 17 heavy (non-hydrogen) atoms. The molecule has 0 unspecified atom stereocenters. The van der Waals surface area contributed by atoms with Gasteiger partial charge >= 0.3 is 5.97 Å². The van der Waals surface area contributed by atoms with Crippen LogP contribution in [0.4, 0.5) is 20.2 Å². The lowest BCUT2D eigenvalue weighted by Crippen LogP contribution is -2.10. The number of carbonyl (C=O) groups excluding carboxylic acids is 1. The number of methoxy groups -OCH3 is 1. The summed E-state index contributed by atoms with van der Waals surface area (Å²) < 4.78 is 31.0. The molecule has 0 bridgehead atoms. The topological polar surface area (TPSA) is 81.5 Å². The molecule has 92 valence electrons. The van der Waals surface area contributed by atoms with Crippen LogP contribution in [0.15, 0.2) is 6.07 Å². The molecule has 1 aromatic carbocycles. The van der Waals surface area contributed by atoms with Crippen LogP contribution in [-0.4, -0.2) is 25.1 Å². The number of nitro groups is 1. The summed E-state index contributed by atoms with van der Waals surface area (Å²) in [6, 6.07) is 0.621. The van der Waals surface area contributed by atoms with Crippen LogP contribution in [0, 0.1) is 21.7 Å². The summed E-state index contributed by atoms with van der Waals surface area (Å²) in [5, 5.41) is 12.8. The Morgan fingerprint density at radius 1 is 1.47 bits per heavy atom. The summed E-state index contributed by atoms with van der Waals surface area (Å²) in [4.78, 5) is 20.8. The first-order valence-electron chi connectivity index (χ1n) is 4.36. The largest absolute Gasteiger partial charge is 0.465 e. The number of anilines is 1. The second-order valence-electron chi connectivity index (χ2n) is 2.94. The summed E-state index contributed by atoms with van der Waals surface area (Å²) >= 11 is 0. The van der Waals surface area contributed by atoms with Crippen molar-refractivity contribution in [2.24, 2.45) is 0 Å². The van der Waals surface area contributed by atoms with Crippen molar-refractivity contribution >= 4 is 17.3 Å². The van der Waals surface area contributed by atoms with Gasteiger partial charge in [0, 0.05) is 13.1 Å². The first-order valence-corrected chi connectivity index (χ1v) is 4.36. The minimum absolute atomic E-state index is 0.621.